The van der Waals surface area contributed by atoms with Crippen LogP contribution < -0.4 is 4.90 Å². The van der Waals surface area contributed by atoms with Crippen molar-refractivity contribution in [3.8, 4) is 0 Å². The Morgan fingerprint density at radius 1 is 1.08 bits per heavy atom. The molecule has 0 N–H and O–H groups in total. The lowest BCUT2D eigenvalue weighted by Gasteiger charge is -2.34. The molecular weight excluding hydrogens is 332 g/mol. The molecular formula is C20H22N2O2S. The van der Waals surface area contributed by atoms with E-state index in [9.17, 15) is 9.59 Å². The van der Waals surface area contributed by atoms with Gasteiger partial charge in [0.2, 0.25) is 5.91 Å². The van der Waals surface area contributed by atoms with Crippen molar-refractivity contribution in [3.63, 3.8) is 0 Å². The Labute approximate surface area is 152 Å². The summed E-state index contributed by atoms with van der Waals surface area (Å²) < 4.78 is 0. The number of benzene rings is 1. The number of hydrogen-bond acceptors (Lipinski definition) is 3. The van der Waals surface area contributed by atoms with Crippen LogP contribution in [0.3, 0.4) is 0 Å². The molecule has 0 unspecified atom stereocenters. The van der Waals surface area contributed by atoms with Crippen LogP contribution in [0.4, 0.5) is 5.69 Å². The summed E-state index contributed by atoms with van der Waals surface area (Å²) in [6, 6.07) is 12.2. The average Bonchev–Trinajstić information content (AvgIpc) is 3.27. The fourth-order valence-corrected chi connectivity index (χ4v) is 4.67. The number of likely N-dealkylation sites (tertiary alicyclic amines) is 1. The molecule has 2 aliphatic rings. The molecule has 2 amide bonds. The van der Waals surface area contributed by atoms with Crippen LogP contribution in [-0.4, -0.2) is 35.8 Å². The minimum absolute atomic E-state index is 0.0148. The van der Waals surface area contributed by atoms with Crippen molar-refractivity contribution in [1.29, 1.82) is 0 Å². The molecule has 1 saturated heterocycles. The third-order valence-electron chi connectivity index (χ3n) is 5.31. The molecule has 1 aromatic heterocycles. The second kappa shape index (κ2) is 6.64. The molecule has 1 aromatic carbocycles. The number of amides is 2. The van der Waals surface area contributed by atoms with Crippen LogP contribution in [0.2, 0.25) is 0 Å². The molecule has 1 fully saturated rings. The molecule has 25 heavy (non-hydrogen) atoms. The number of carbonyl (C=O) groups excluding carboxylic acids is 2. The van der Waals surface area contributed by atoms with Crippen LogP contribution in [0.25, 0.3) is 0 Å². The van der Waals surface area contributed by atoms with Crippen molar-refractivity contribution < 1.29 is 9.59 Å². The molecule has 130 valence electrons. The Kier molecular flexibility index (Phi) is 4.34. The van der Waals surface area contributed by atoms with Crippen LogP contribution in [0, 0.1) is 5.92 Å². The summed E-state index contributed by atoms with van der Waals surface area (Å²) in [6.07, 6.45) is 2.43. The summed E-state index contributed by atoms with van der Waals surface area (Å²) in [5.74, 6) is 0.336. The highest BCUT2D eigenvalue weighted by Gasteiger charge is 2.36. The normalized spacial score (nSPS) is 20.6. The maximum atomic E-state index is 13.1. The predicted octanol–water partition coefficient (Wildman–Crippen LogP) is 3.58. The maximum Gasteiger partial charge on any atom is 0.263 e. The molecule has 5 heteroatoms. The zero-order chi connectivity index (χ0) is 17.4. The number of rotatable bonds is 2. The fraction of sp³-hybridized carbons (Fsp3) is 0.400. The van der Waals surface area contributed by atoms with Gasteiger partial charge in [0.15, 0.2) is 0 Å². The molecule has 0 radical (unpaired) electrons. The number of para-hydroxylation sites is 1. The van der Waals surface area contributed by atoms with Gasteiger partial charge in [-0.3, -0.25) is 9.59 Å². The van der Waals surface area contributed by atoms with Crippen molar-refractivity contribution in [3.05, 3.63) is 52.2 Å². The van der Waals surface area contributed by atoms with Crippen molar-refractivity contribution in [1.82, 2.24) is 4.90 Å². The predicted molar refractivity (Wildman–Crippen MR) is 100 cm³/mol. The van der Waals surface area contributed by atoms with Crippen molar-refractivity contribution >= 4 is 28.8 Å². The van der Waals surface area contributed by atoms with E-state index in [1.54, 1.807) is 0 Å². The average molecular weight is 354 g/mol. The molecule has 4 rings (SSSR count). The number of thiophene rings is 1. The SMILES string of the molecule is C[C@H]1Cc2ccccc2N1C(=O)C1CCN(C(=O)c2cccs2)CC1. The van der Waals surface area contributed by atoms with Gasteiger partial charge in [0, 0.05) is 30.7 Å². The monoisotopic (exact) mass is 354 g/mol. The molecule has 0 bridgehead atoms. The number of carbonyl (C=O) groups is 2. The molecule has 0 spiro atoms. The molecule has 2 aliphatic heterocycles. The van der Waals surface area contributed by atoms with E-state index in [-0.39, 0.29) is 23.8 Å². The van der Waals surface area contributed by atoms with Gasteiger partial charge in [-0.25, -0.2) is 0 Å². The summed E-state index contributed by atoms with van der Waals surface area (Å²) in [7, 11) is 0. The number of hydrogen-bond donors (Lipinski definition) is 0. The van der Waals surface area contributed by atoms with Crippen LogP contribution in [0.15, 0.2) is 41.8 Å². The highest BCUT2D eigenvalue weighted by atomic mass is 32.1. The van der Waals surface area contributed by atoms with Crippen LogP contribution in [-0.2, 0) is 11.2 Å². The molecule has 1 atom stereocenters. The zero-order valence-corrected chi connectivity index (χ0v) is 15.2. The zero-order valence-electron chi connectivity index (χ0n) is 14.4. The van der Waals surface area contributed by atoms with Gasteiger partial charge >= 0.3 is 0 Å². The van der Waals surface area contributed by atoms with Gasteiger partial charge < -0.3 is 9.80 Å². The Bertz CT molecular complexity index is 779. The quantitative estimate of drug-likeness (QED) is 0.827. The Morgan fingerprint density at radius 2 is 1.84 bits per heavy atom. The first-order chi connectivity index (χ1) is 12.1. The third-order valence-corrected chi connectivity index (χ3v) is 6.17. The number of nitrogens with zero attached hydrogens (tertiary/aromatic N) is 2. The lowest BCUT2D eigenvalue weighted by Crippen LogP contribution is -2.46. The smallest absolute Gasteiger partial charge is 0.263 e. The third kappa shape index (κ3) is 2.97. The summed E-state index contributed by atoms with van der Waals surface area (Å²) in [5.41, 5.74) is 2.32. The van der Waals surface area contributed by atoms with Gasteiger partial charge in [0.1, 0.15) is 0 Å². The van der Waals surface area contributed by atoms with E-state index in [0.29, 0.717) is 13.1 Å². The first kappa shape index (κ1) is 16.3. The second-order valence-electron chi connectivity index (χ2n) is 6.93. The topological polar surface area (TPSA) is 40.6 Å². The van der Waals surface area contributed by atoms with Crippen molar-refractivity contribution in [2.24, 2.45) is 5.92 Å². The summed E-state index contributed by atoms with van der Waals surface area (Å²) in [5, 5.41) is 1.93. The minimum Gasteiger partial charge on any atom is -0.338 e. The number of piperidine rings is 1. The molecule has 0 saturated carbocycles. The van der Waals surface area contributed by atoms with Crippen LogP contribution >= 0.6 is 11.3 Å². The van der Waals surface area contributed by atoms with Crippen molar-refractivity contribution in [2.75, 3.05) is 18.0 Å². The minimum atomic E-state index is 0.0148. The Balaban J connectivity index is 1.43. The van der Waals surface area contributed by atoms with Crippen LogP contribution in [0.1, 0.15) is 35.0 Å². The van der Waals surface area contributed by atoms with E-state index in [2.05, 4.69) is 13.0 Å². The standard InChI is InChI=1S/C20H22N2O2S/c1-14-13-16-5-2-3-6-17(16)22(14)19(23)15-8-10-21(11-9-15)20(24)18-7-4-12-25-18/h2-7,12,14-15H,8-11,13H2,1H3/t14-/m0/s1. The fourth-order valence-electron chi connectivity index (χ4n) is 3.98. The van der Waals surface area contributed by atoms with E-state index >= 15 is 0 Å². The highest BCUT2D eigenvalue weighted by Crippen LogP contribution is 2.34. The van der Waals surface area contributed by atoms with Gasteiger partial charge in [0.05, 0.1) is 4.88 Å². The van der Waals surface area contributed by atoms with E-state index in [1.807, 2.05) is 45.5 Å². The Morgan fingerprint density at radius 3 is 2.56 bits per heavy atom. The lowest BCUT2D eigenvalue weighted by molar-refractivity contribution is -0.123. The summed E-state index contributed by atoms with van der Waals surface area (Å²) in [6.45, 7) is 3.45. The van der Waals surface area contributed by atoms with E-state index in [0.717, 1.165) is 29.8 Å². The van der Waals surface area contributed by atoms with Gasteiger partial charge in [-0.1, -0.05) is 24.3 Å². The van der Waals surface area contributed by atoms with Gasteiger partial charge in [0.25, 0.3) is 5.91 Å². The summed E-state index contributed by atoms with van der Waals surface area (Å²) in [4.78, 5) is 30.2. The Hall–Kier alpha value is -2.14. The number of fused-ring (bicyclic) bond motifs is 1. The lowest BCUT2D eigenvalue weighted by atomic mass is 9.94. The number of anilines is 1. The largest absolute Gasteiger partial charge is 0.338 e. The van der Waals surface area contributed by atoms with E-state index in [1.165, 1.54) is 16.9 Å². The van der Waals surface area contributed by atoms with Crippen molar-refractivity contribution in [2.45, 2.75) is 32.2 Å². The second-order valence-corrected chi connectivity index (χ2v) is 7.88. The van der Waals surface area contributed by atoms with Gasteiger partial charge in [-0.2, -0.15) is 0 Å². The maximum absolute atomic E-state index is 13.1. The highest BCUT2D eigenvalue weighted by molar-refractivity contribution is 7.12. The first-order valence-electron chi connectivity index (χ1n) is 8.89. The first-order valence-corrected chi connectivity index (χ1v) is 9.77. The molecule has 4 nitrogen and oxygen atoms in total. The van der Waals surface area contributed by atoms with E-state index < -0.39 is 0 Å². The van der Waals surface area contributed by atoms with Gasteiger partial charge in [-0.15, -0.1) is 11.3 Å². The molecule has 0 aliphatic carbocycles. The van der Waals surface area contributed by atoms with E-state index in [4.69, 9.17) is 0 Å². The van der Waals surface area contributed by atoms with Crippen LogP contribution in [0.5, 0.6) is 0 Å². The van der Waals surface area contributed by atoms with Gasteiger partial charge in [-0.05, 0) is 49.3 Å². The molecule has 3 heterocycles. The summed E-state index contributed by atoms with van der Waals surface area (Å²) >= 11 is 1.48. The molecule has 2 aromatic rings.